The van der Waals surface area contributed by atoms with Crippen LogP contribution in [0.25, 0.3) is 0 Å². The number of amides is 3. The molecule has 0 saturated carbocycles. The number of nitrogens with two attached hydrogens (primary N) is 1. The Hall–Kier alpha value is -3.29. The Kier molecular flexibility index (Phi) is 10.3. The Morgan fingerprint density at radius 1 is 1.02 bits per heavy atom. The summed E-state index contributed by atoms with van der Waals surface area (Å²) in [6, 6.07) is 7.32. The zero-order valence-electron chi connectivity index (χ0n) is 21.7. The lowest BCUT2D eigenvalue weighted by atomic mass is 10.0. The van der Waals surface area contributed by atoms with Crippen LogP contribution in [0.5, 0.6) is 5.75 Å². The molecule has 0 aliphatic carbocycles. The number of carbonyl (C=O) groups excluding carboxylic acids is 3. The van der Waals surface area contributed by atoms with Crippen molar-refractivity contribution in [2.75, 3.05) is 45.2 Å². The molecule has 2 aromatic carbocycles. The number of halogens is 3. The van der Waals surface area contributed by atoms with E-state index in [1.165, 1.54) is 16.7 Å². The quantitative estimate of drug-likeness (QED) is 0.412. The van der Waals surface area contributed by atoms with Crippen LogP contribution in [0.3, 0.4) is 0 Å². The fourth-order valence-electron chi connectivity index (χ4n) is 4.39. The fraction of sp³-hybridized carbons (Fsp3) is 0.444. The van der Waals surface area contributed by atoms with Gasteiger partial charge in [-0.25, -0.2) is 13.2 Å². The number of morpholine rings is 1. The van der Waals surface area contributed by atoms with Gasteiger partial charge in [-0.1, -0.05) is 12.1 Å². The van der Waals surface area contributed by atoms with Crippen LogP contribution in [0.2, 0.25) is 0 Å². The van der Waals surface area contributed by atoms with Crippen molar-refractivity contribution in [3.05, 3.63) is 65.0 Å². The number of hydrogen-bond donors (Lipinski definition) is 2. The number of hydrogen-bond acceptors (Lipinski definition) is 7. The first-order valence-corrected chi connectivity index (χ1v) is 13.9. The van der Waals surface area contributed by atoms with Crippen molar-refractivity contribution in [2.45, 2.75) is 30.8 Å². The second-order valence-corrected chi connectivity index (χ2v) is 10.7. The van der Waals surface area contributed by atoms with Crippen molar-refractivity contribution < 1.29 is 37.0 Å². The molecule has 1 unspecified atom stereocenters. The van der Waals surface area contributed by atoms with Gasteiger partial charge in [-0.05, 0) is 35.7 Å². The predicted molar refractivity (Wildman–Crippen MR) is 142 cm³/mol. The molecule has 2 saturated heterocycles. The molecule has 2 aliphatic rings. The van der Waals surface area contributed by atoms with Gasteiger partial charge in [0.25, 0.3) is 11.8 Å². The average molecular weight is 581 g/mol. The number of nitrogens with zero attached hydrogens (tertiary/aromatic N) is 2. The van der Waals surface area contributed by atoms with E-state index in [0.717, 1.165) is 11.6 Å². The summed E-state index contributed by atoms with van der Waals surface area (Å²) in [4.78, 5) is 41.1. The number of benzene rings is 2. The van der Waals surface area contributed by atoms with Gasteiger partial charge in [0.15, 0.2) is 23.6 Å². The normalized spacial score (nSPS) is 17.9. The summed E-state index contributed by atoms with van der Waals surface area (Å²) in [7, 11) is 0. The summed E-state index contributed by atoms with van der Waals surface area (Å²) in [5.41, 5.74) is 6.68. The summed E-state index contributed by atoms with van der Waals surface area (Å²) in [5.74, 6) is -3.16. The molecule has 216 valence electrons. The van der Waals surface area contributed by atoms with Gasteiger partial charge in [0.05, 0.1) is 13.2 Å². The van der Waals surface area contributed by atoms with Crippen molar-refractivity contribution in [1.82, 2.24) is 15.1 Å². The molecule has 2 aliphatic heterocycles. The number of carbonyl (C=O) groups is 3. The molecule has 2 heterocycles. The maximum Gasteiger partial charge on any atom is 0.260 e. The van der Waals surface area contributed by atoms with Crippen LogP contribution in [0.15, 0.2) is 36.4 Å². The van der Waals surface area contributed by atoms with Crippen LogP contribution in [0, 0.1) is 17.5 Å². The van der Waals surface area contributed by atoms with Crippen molar-refractivity contribution >= 4 is 29.5 Å². The number of nitrogens with one attached hydrogen (secondary N) is 1. The average Bonchev–Trinajstić information content (AvgIpc) is 3.45. The Bertz CT molecular complexity index is 1210. The highest BCUT2D eigenvalue weighted by Crippen LogP contribution is 2.25. The minimum Gasteiger partial charge on any atom is -0.484 e. The van der Waals surface area contributed by atoms with Crippen molar-refractivity contribution in [3.63, 3.8) is 0 Å². The minimum atomic E-state index is -1.30. The van der Waals surface area contributed by atoms with Gasteiger partial charge < -0.3 is 30.3 Å². The molecular weight excluding hydrogens is 549 g/mol. The third-order valence-corrected chi connectivity index (χ3v) is 7.76. The van der Waals surface area contributed by atoms with Crippen molar-refractivity contribution in [2.24, 2.45) is 5.73 Å². The molecule has 0 aromatic heterocycles. The molecule has 3 amide bonds. The molecule has 2 aromatic rings. The Balaban J connectivity index is 1.23. The van der Waals surface area contributed by atoms with E-state index in [0.29, 0.717) is 50.4 Å². The van der Waals surface area contributed by atoms with E-state index in [9.17, 15) is 27.6 Å². The summed E-state index contributed by atoms with van der Waals surface area (Å²) >= 11 is 1.32. The number of thioether (sulfide) groups is 1. The van der Waals surface area contributed by atoms with Crippen LogP contribution < -0.4 is 15.8 Å². The summed E-state index contributed by atoms with van der Waals surface area (Å²) in [6.45, 7) is 2.64. The maximum absolute atomic E-state index is 13.9. The molecule has 0 radical (unpaired) electrons. The van der Waals surface area contributed by atoms with E-state index >= 15 is 0 Å². The van der Waals surface area contributed by atoms with Gasteiger partial charge >= 0.3 is 0 Å². The van der Waals surface area contributed by atoms with Gasteiger partial charge in [0.2, 0.25) is 5.91 Å². The van der Waals surface area contributed by atoms with Crippen molar-refractivity contribution in [1.29, 1.82) is 0 Å². The van der Waals surface area contributed by atoms with Gasteiger partial charge in [-0.2, -0.15) is 0 Å². The topological polar surface area (TPSA) is 114 Å². The van der Waals surface area contributed by atoms with Crippen LogP contribution in [0.4, 0.5) is 13.2 Å². The molecule has 0 bridgehead atoms. The minimum absolute atomic E-state index is 0.0712. The van der Waals surface area contributed by atoms with Gasteiger partial charge in [-0.3, -0.25) is 14.4 Å². The third-order valence-electron chi connectivity index (χ3n) is 6.56. The highest BCUT2D eigenvalue weighted by Gasteiger charge is 2.35. The first-order valence-electron chi connectivity index (χ1n) is 12.9. The Labute approximate surface area is 234 Å². The van der Waals surface area contributed by atoms with Crippen LogP contribution >= 0.6 is 11.8 Å². The molecule has 0 spiro atoms. The van der Waals surface area contributed by atoms with Gasteiger partial charge in [0.1, 0.15) is 11.6 Å². The molecular formula is C27H31F3N4O5S. The second kappa shape index (κ2) is 13.9. The van der Waals surface area contributed by atoms with E-state index < -0.39 is 28.9 Å². The van der Waals surface area contributed by atoms with E-state index in [1.54, 1.807) is 29.2 Å². The lowest BCUT2D eigenvalue weighted by Crippen LogP contribution is -2.46. The number of ether oxygens (including phenoxy) is 2. The van der Waals surface area contributed by atoms with Crippen LogP contribution in [-0.4, -0.2) is 84.1 Å². The summed E-state index contributed by atoms with van der Waals surface area (Å²) < 4.78 is 51.4. The zero-order valence-corrected chi connectivity index (χ0v) is 22.6. The van der Waals surface area contributed by atoms with Crippen LogP contribution in [-0.2, 0) is 32.1 Å². The summed E-state index contributed by atoms with van der Waals surface area (Å²) in [5, 5.41) is 2.08. The lowest BCUT2D eigenvalue weighted by Gasteiger charge is -2.26. The molecule has 9 nitrogen and oxygen atoms in total. The standard InChI is InChI=1S/C27H31F3N4O5S/c28-21-14-23(30)22(29)12-18(21)11-19(31)13-24(35)34-7-10-40-27(34)26(37)32-15-17-1-3-20(4-2-17)39-16-25(36)33-5-8-38-9-6-33/h1-4,12,14,19,27H,5-11,13,15-16,31H2,(H,32,37)/t19-,27?/m1/s1. The molecule has 4 rings (SSSR count). The maximum atomic E-state index is 13.9. The van der Waals surface area contributed by atoms with Gasteiger partial charge in [0, 0.05) is 50.5 Å². The highest BCUT2D eigenvalue weighted by atomic mass is 32.2. The summed E-state index contributed by atoms with van der Waals surface area (Å²) in [6.07, 6.45) is -0.341. The Morgan fingerprint density at radius 2 is 1.73 bits per heavy atom. The predicted octanol–water partition coefficient (Wildman–Crippen LogP) is 1.82. The largest absolute Gasteiger partial charge is 0.484 e. The van der Waals surface area contributed by atoms with Crippen molar-refractivity contribution in [3.8, 4) is 5.75 Å². The van der Waals surface area contributed by atoms with E-state index in [4.69, 9.17) is 15.2 Å². The lowest BCUT2D eigenvalue weighted by molar-refractivity contribution is -0.137. The van der Waals surface area contributed by atoms with Crippen LogP contribution in [0.1, 0.15) is 17.5 Å². The molecule has 2 fully saturated rings. The van der Waals surface area contributed by atoms with Gasteiger partial charge in [-0.15, -0.1) is 11.8 Å². The second-order valence-electron chi connectivity index (χ2n) is 9.48. The molecule has 40 heavy (non-hydrogen) atoms. The SMILES string of the molecule is N[C@@H](CC(=O)N1CCSC1C(=O)NCc1ccc(OCC(=O)N2CCOCC2)cc1)Cc1cc(F)c(F)cc1F. The molecule has 2 atom stereocenters. The van der Waals surface area contributed by atoms with E-state index in [-0.39, 0.29) is 49.3 Å². The zero-order chi connectivity index (χ0) is 28.6. The van der Waals surface area contributed by atoms with E-state index in [1.807, 2.05) is 0 Å². The number of rotatable bonds is 10. The molecule has 13 heteroatoms. The highest BCUT2D eigenvalue weighted by molar-refractivity contribution is 8.00. The monoisotopic (exact) mass is 580 g/mol. The fourth-order valence-corrected chi connectivity index (χ4v) is 5.55. The van der Waals surface area contributed by atoms with E-state index in [2.05, 4.69) is 5.32 Å². The first kappa shape index (κ1) is 29.7. The first-order chi connectivity index (χ1) is 19.2. The third kappa shape index (κ3) is 7.89. The molecule has 3 N–H and O–H groups in total. The Morgan fingerprint density at radius 3 is 2.45 bits per heavy atom. The smallest absolute Gasteiger partial charge is 0.260 e.